The molecule has 1 heterocycles. The lowest BCUT2D eigenvalue weighted by Crippen LogP contribution is -2.49. The number of carbonyl (C=O) groups excluding carboxylic acids is 1. The number of fused-ring (bicyclic) bond motifs is 1. The number of amides is 1. The maximum Gasteiger partial charge on any atom is 0.268 e. The van der Waals surface area contributed by atoms with Crippen LogP contribution in [0.2, 0.25) is 0 Å². The summed E-state index contributed by atoms with van der Waals surface area (Å²) < 4.78 is 19.3. The number of ether oxygens (including phenoxy) is 1. The number of rotatable bonds is 5. The molecule has 7 heteroatoms. The van der Waals surface area contributed by atoms with Crippen LogP contribution < -0.4 is 16.1 Å². The van der Waals surface area contributed by atoms with Crippen molar-refractivity contribution in [1.29, 1.82) is 0 Å². The van der Waals surface area contributed by atoms with Gasteiger partial charge in [-0.15, -0.1) is 0 Å². The summed E-state index contributed by atoms with van der Waals surface area (Å²) in [7, 11) is 0. The largest absolute Gasteiger partial charge is 0.371 e. The molecule has 2 aromatic rings. The molecule has 0 radical (unpaired) electrons. The van der Waals surface area contributed by atoms with Crippen molar-refractivity contribution in [3.8, 4) is 0 Å². The van der Waals surface area contributed by atoms with Gasteiger partial charge in [0.1, 0.15) is 11.9 Å². The average Bonchev–Trinajstić information content (AvgIpc) is 2.64. The van der Waals surface area contributed by atoms with Crippen LogP contribution in [0.4, 0.5) is 15.8 Å². The van der Waals surface area contributed by atoms with Gasteiger partial charge in [-0.3, -0.25) is 4.79 Å². The molecule has 1 atom stereocenters. The topological polar surface area (TPSA) is 74.8 Å². The van der Waals surface area contributed by atoms with E-state index in [2.05, 4.69) is 21.2 Å². The molecule has 0 fully saturated rings. The van der Waals surface area contributed by atoms with Crippen LogP contribution in [0.5, 0.6) is 0 Å². The van der Waals surface area contributed by atoms with Crippen molar-refractivity contribution in [3.63, 3.8) is 0 Å². The zero-order valence-corrected chi connectivity index (χ0v) is 16.5. The molecule has 3 rings (SSSR count). The van der Waals surface area contributed by atoms with E-state index in [4.69, 9.17) is 4.74 Å². The number of nitrogens with one attached hydrogen (secondary N) is 3. The van der Waals surface area contributed by atoms with Crippen molar-refractivity contribution in [2.75, 3.05) is 10.6 Å². The summed E-state index contributed by atoms with van der Waals surface area (Å²) in [5.74, 6) is -0.125. The molecule has 0 aromatic heterocycles. The fourth-order valence-electron chi connectivity index (χ4n) is 2.92. The molecule has 0 aliphatic carbocycles. The number of hydrogen-bond acceptors (Lipinski definition) is 4. The third-order valence-corrected chi connectivity index (χ3v) is 4.57. The molecule has 2 aromatic carbocycles. The third-order valence-electron chi connectivity index (χ3n) is 4.57. The van der Waals surface area contributed by atoms with Crippen LogP contribution in [0.3, 0.4) is 0 Å². The smallest absolute Gasteiger partial charge is 0.268 e. The highest BCUT2D eigenvalue weighted by atomic mass is 19.1. The van der Waals surface area contributed by atoms with Crippen molar-refractivity contribution in [1.82, 2.24) is 5.43 Å². The standard InChI is InChI=1S/C21H25FN4O2/c1-13-10-16(22)11-17-18(13)23-20(21(3,4)24-17)26-25-19(27)14(2)28-12-15-8-6-5-7-9-15/h5-11,14,24H,12H2,1-4H3,(H,23,26)(H,25,27). The minimum Gasteiger partial charge on any atom is -0.371 e. The number of nitrogens with zero attached hydrogens (tertiary/aromatic N) is 1. The summed E-state index contributed by atoms with van der Waals surface area (Å²) in [4.78, 5) is 12.3. The molecular weight excluding hydrogens is 359 g/mol. The van der Waals surface area contributed by atoms with Crippen molar-refractivity contribution in [3.05, 3.63) is 59.4 Å². The van der Waals surface area contributed by atoms with E-state index in [1.54, 1.807) is 6.92 Å². The minimum atomic E-state index is -0.660. The molecule has 148 valence electrons. The monoisotopic (exact) mass is 384 g/mol. The Hall–Kier alpha value is -2.93. The molecule has 0 bridgehead atoms. The van der Waals surface area contributed by atoms with Crippen LogP contribution in [0.25, 0.3) is 0 Å². The lowest BCUT2D eigenvalue weighted by atomic mass is 9.98. The molecule has 0 spiro atoms. The van der Waals surface area contributed by atoms with Crippen molar-refractivity contribution in [2.45, 2.75) is 45.9 Å². The lowest BCUT2D eigenvalue weighted by Gasteiger charge is -2.36. The number of amidine groups is 1. The van der Waals surface area contributed by atoms with Crippen molar-refractivity contribution in [2.24, 2.45) is 5.10 Å². The molecule has 1 aliphatic heterocycles. The van der Waals surface area contributed by atoms with E-state index in [1.807, 2.05) is 51.1 Å². The van der Waals surface area contributed by atoms with Gasteiger partial charge in [0.25, 0.3) is 5.91 Å². The first-order chi connectivity index (χ1) is 13.3. The maximum absolute atomic E-state index is 13.7. The van der Waals surface area contributed by atoms with Crippen LogP contribution in [0.15, 0.2) is 47.6 Å². The SMILES string of the molecule is Cc1cc(F)cc2c1N/C(=N/NC(=O)C(C)OCc1ccccc1)C(C)(C)N2. The first kappa shape index (κ1) is 19.8. The van der Waals surface area contributed by atoms with Crippen LogP contribution in [-0.2, 0) is 16.1 Å². The zero-order chi connectivity index (χ0) is 20.3. The van der Waals surface area contributed by atoms with E-state index in [9.17, 15) is 9.18 Å². The molecule has 0 saturated heterocycles. The Morgan fingerprint density at radius 3 is 2.71 bits per heavy atom. The van der Waals surface area contributed by atoms with Gasteiger partial charge in [0, 0.05) is 0 Å². The second kappa shape index (κ2) is 7.98. The molecule has 1 unspecified atom stereocenters. The van der Waals surface area contributed by atoms with Crippen LogP contribution >= 0.6 is 0 Å². The van der Waals surface area contributed by atoms with Crippen molar-refractivity contribution >= 4 is 23.1 Å². The Morgan fingerprint density at radius 2 is 2.00 bits per heavy atom. The van der Waals surface area contributed by atoms with Gasteiger partial charge in [-0.05, 0) is 51.0 Å². The number of benzene rings is 2. The number of halogens is 1. The first-order valence-corrected chi connectivity index (χ1v) is 9.15. The minimum absolute atomic E-state index is 0.306. The van der Waals surface area contributed by atoms with Crippen molar-refractivity contribution < 1.29 is 13.9 Å². The molecule has 6 nitrogen and oxygen atoms in total. The number of anilines is 2. The highest BCUT2D eigenvalue weighted by Gasteiger charge is 2.32. The van der Waals surface area contributed by atoms with Gasteiger partial charge in [-0.1, -0.05) is 30.3 Å². The second-order valence-corrected chi connectivity index (χ2v) is 7.40. The van der Waals surface area contributed by atoms with E-state index in [0.29, 0.717) is 18.1 Å². The van der Waals surface area contributed by atoms with E-state index in [-0.39, 0.29) is 11.7 Å². The third kappa shape index (κ3) is 4.48. The summed E-state index contributed by atoms with van der Waals surface area (Å²) in [6.07, 6.45) is -0.660. The van der Waals surface area contributed by atoms with Gasteiger partial charge in [-0.25, -0.2) is 9.82 Å². The Bertz CT molecular complexity index is 897. The molecule has 1 aliphatic rings. The summed E-state index contributed by atoms with van der Waals surface area (Å²) >= 11 is 0. The highest BCUT2D eigenvalue weighted by molar-refractivity contribution is 6.09. The summed E-state index contributed by atoms with van der Waals surface area (Å²) in [6.45, 7) is 7.62. The first-order valence-electron chi connectivity index (χ1n) is 9.15. The normalized spacial score (nSPS) is 17.2. The average molecular weight is 384 g/mol. The number of carbonyl (C=O) groups is 1. The maximum atomic E-state index is 13.7. The fourth-order valence-corrected chi connectivity index (χ4v) is 2.92. The Kier molecular flexibility index (Phi) is 5.65. The predicted molar refractivity (Wildman–Crippen MR) is 109 cm³/mol. The van der Waals surface area contributed by atoms with Gasteiger partial charge in [0.15, 0.2) is 5.84 Å². The Morgan fingerprint density at radius 1 is 1.29 bits per heavy atom. The van der Waals surface area contributed by atoms with Crippen LogP contribution in [0.1, 0.15) is 31.9 Å². The molecule has 0 saturated carbocycles. The summed E-state index contributed by atoms with van der Waals surface area (Å²) in [5, 5.41) is 10.7. The molecule has 28 heavy (non-hydrogen) atoms. The van der Waals surface area contributed by atoms with Crippen LogP contribution in [0, 0.1) is 12.7 Å². The summed E-state index contributed by atoms with van der Waals surface area (Å²) in [5.41, 5.74) is 5.07. The number of aryl methyl sites for hydroxylation is 1. The molecule has 3 N–H and O–H groups in total. The number of hydrogen-bond donors (Lipinski definition) is 3. The van der Waals surface area contributed by atoms with Gasteiger partial charge < -0.3 is 15.4 Å². The number of hydrazone groups is 1. The highest BCUT2D eigenvalue weighted by Crippen LogP contribution is 2.34. The van der Waals surface area contributed by atoms with Gasteiger partial charge >= 0.3 is 0 Å². The zero-order valence-electron chi connectivity index (χ0n) is 16.5. The van der Waals surface area contributed by atoms with Gasteiger partial charge in [0.2, 0.25) is 0 Å². The second-order valence-electron chi connectivity index (χ2n) is 7.40. The fraction of sp³-hybridized carbons (Fsp3) is 0.333. The predicted octanol–water partition coefficient (Wildman–Crippen LogP) is 3.79. The van der Waals surface area contributed by atoms with Gasteiger partial charge in [-0.2, -0.15) is 5.10 Å². The van der Waals surface area contributed by atoms with E-state index in [0.717, 1.165) is 16.8 Å². The Labute approximate surface area is 164 Å². The van der Waals surface area contributed by atoms with E-state index < -0.39 is 11.6 Å². The Balaban J connectivity index is 1.66. The quantitative estimate of drug-likeness (QED) is 0.686. The lowest BCUT2D eigenvalue weighted by molar-refractivity contribution is -0.132. The van der Waals surface area contributed by atoms with E-state index >= 15 is 0 Å². The van der Waals surface area contributed by atoms with Crippen LogP contribution in [-0.4, -0.2) is 23.4 Å². The van der Waals surface area contributed by atoms with E-state index in [1.165, 1.54) is 12.1 Å². The molecule has 1 amide bonds. The molecular formula is C21H25FN4O2. The van der Waals surface area contributed by atoms with Gasteiger partial charge in [0.05, 0.1) is 23.5 Å². The summed E-state index contributed by atoms with van der Waals surface area (Å²) in [6, 6.07) is 12.5.